The highest BCUT2D eigenvalue weighted by atomic mass is 16.8. The minimum absolute atomic E-state index is 0.0288. The molecule has 1 spiro atoms. The predicted molar refractivity (Wildman–Crippen MR) is 99.1 cm³/mol. The van der Waals surface area contributed by atoms with Gasteiger partial charge in [-0.05, 0) is 63.7 Å². The minimum Gasteiger partial charge on any atom is -0.395 e. The molecule has 5 atom stereocenters. The Kier molecular flexibility index (Phi) is 4.00. The van der Waals surface area contributed by atoms with E-state index in [-0.39, 0.29) is 28.5 Å². The summed E-state index contributed by atoms with van der Waals surface area (Å²) in [4.78, 5) is 0. The molecule has 0 radical (unpaired) electrons. The molecule has 1 N–H and O–H groups in total. The van der Waals surface area contributed by atoms with Crippen LogP contribution in [-0.4, -0.2) is 29.7 Å². The standard InChI is InChI=1S/C22H36O3/c1-15-16(2)25-22(24-15)13-12-20(5)17(19(22,3)4)9-11-21(14-23)10-7-6-8-18(20)21/h8,15-17,23H,6-7,9-14H2,1-5H3/t15-,16-,17+,20+,21-/m1/s1. The Bertz CT molecular complexity index is 570. The highest BCUT2D eigenvalue weighted by Crippen LogP contribution is 2.69. The Balaban J connectivity index is 1.74. The molecule has 0 aromatic heterocycles. The van der Waals surface area contributed by atoms with Crippen LogP contribution in [-0.2, 0) is 9.47 Å². The topological polar surface area (TPSA) is 38.7 Å². The van der Waals surface area contributed by atoms with Gasteiger partial charge in [-0.25, -0.2) is 0 Å². The molecule has 1 saturated heterocycles. The van der Waals surface area contributed by atoms with E-state index in [0.717, 1.165) is 25.7 Å². The van der Waals surface area contributed by atoms with Crippen LogP contribution in [0.3, 0.4) is 0 Å². The number of allylic oxidation sites excluding steroid dienone is 1. The highest BCUT2D eigenvalue weighted by Gasteiger charge is 2.67. The molecule has 0 aromatic carbocycles. The normalized spacial score (nSPS) is 47.9. The van der Waals surface area contributed by atoms with E-state index in [1.165, 1.54) is 19.3 Å². The molecule has 0 amide bonds. The Morgan fingerprint density at radius 3 is 2.36 bits per heavy atom. The fourth-order valence-electron chi connectivity index (χ4n) is 7.03. The molecule has 3 fully saturated rings. The second kappa shape index (κ2) is 5.56. The molecular formula is C22H36O3. The first-order chi connectivity index (χ1) is 11.7. The van der Waals surface area contributed by atoms with Gasteiger partial charge in [0.25, 0.3) is 0 Å². The van der Waals surface area contributed by atoms with Gasteiger partial charge in [-0.15, -0.1) is 0 Å². The third-order valence-corrected chi connectivity index (χ3v) is 8.62. The van der Waals surface area contributed by atoms with Gasteiger partial charge in [0.2, 0.25) is 0 Å². The van der Waals surface area contributed by atoms with Crippen LogP contribution < -0.4 is 0 Å². The molecule has 142 valence electrons. The number of hydrogen-bond donors (Lipinski definition) is 1. The van der Waals surface area contributed by atoms with Crippen molar-refractivity contribution in [3.8, 4) is 0 Å². The Morgan fingerprint density at radius 1 is 1.04 bits per heavy atom. The van der Waals surface area contributed by atoms with Crippen molar-refractivity contribution in [3.05, 3.63) is 11.6 Å². The van der Waals surface area contributed by atoms with Gasteiger partial charge < -0.3 is 14.6 Å². The van der Waals surface area contributed by atoms with Crippen LogP contribution in [0.2, 0.25) is 0 Å². The summed E-state index contributed by atoms with van der Waals surface area (Å²) in [7, 11) is 0. The zero-order valence-electron chi connectivity index (χ0n) is 16.7. The molecule has 2 saturated carbocycles. The summed E-state index contributed by atoms with van der Waals surface area (Å²) in [6.45, 7) is 11.8. The SMILES string of the molecule is C[C@H]1OC2(CC[C@]3(C)C4=CCCC[C@]4(CO)CC[C@H]3C2(C)C)O[C@@H]1C. The molecular weight excluding hydrogens is 312 g/mol. The zero-order valence-corrected chi connectivity index (χ0v) is 16.7. The number of rotatable bonds is 1. The maximum Gasteiger partial charge on any atom is 0.174 e. The fourth-order valence-corrected chi connectivity index (χ4v) is 7.03. The van der Waals surface area contributed by atoms with Crippen LogP contribution in [0, 0.1) is 22.2 Å². The van der Waals surface area contributed by atoms with E-state index in [4.69, 9.17) is 9.47 Å². The lowest BCUT2D eigenvalue weighted by molar-refractivity contribution is -0.295. The summed E-state index contributed by atoms with van der Waals surface area (Å²) in [5.74, 6) is 0.0973. The van der Waals surface area contributed by atoms with Crippen molar-refractivity contribution < 1.29 is 14.6 Å². The van der Waals surface area contributed by atoms with Gasteiger partial charge in [-0.1, -0.05) is 32.4 Å². The molecule has 25 heavy (non-hydrogen) atoms. The summed E-state index contributed by atoms with van der Waals surface area (Å²) in [6, 6.07) is 0. The maximum absolute atomic E-state index is 10.3. The second-order valence-electron chi connectivity index (χ2n) is 10.1. The number of hydrogen-bond acceptors (Lipinski definition) is 3. The van der Waals surface area contributed by atoms with Gasteiger partial charge in [0.1, 0.15) is 0 Å². The largest absolute Gasteiger partial charge is 0.395 e. The average Bonchev–Trinajstić information content (AvgIpc) is 2.88. The van der Waals surface area contributed by atoms with Crippen molar-refractivity contribution in [3.63, 3.8) is 0 Å². The first-order valence-electron chi connectivity index (χ1n) is 10.4. The van der Waals surface area contributed by atoms with Crippen LogP contribution in [0.25, 0.3) is 0 Å². The van der Waals surface area contributed by atoms with E-state index in [0.29, 0.717) is 12.5 Å². The van der Waals surface area contributed by atoms with E-state index < -0.39 is 5.79 Å². The van der Waals surface area contributed by atoms with E-state index in [1.807, 2.05) is 0 Å². The number of fused-ring (bicyclic) bond motifs is 3. The van der Waals surface area contributed by atoms with Crippen molar-refractivity contribution in [2.75, 3.05) is 6.61 Å². The Hall–Kier alpha value is -0.380. The minimum atomic E-state index is -0.440. The Morgan fingerprint density at radius 2 is 1.72 bits per heavy atom. The van der Waals surface area contributed by atoms with Gasteiger partial charge in [0, 0.05) is 17.3 Å². The van der Waals surface area contributed by atoms with Gasteiger partial charge in [-0.3, -0.25) is 0 Å². The van der Waals surface area contributed by atoms with E-state index in [9.17, 15) is 5.11 Å². The predicted octanol–water partition coefficient (Wildman–Crippen LogP) is 4.83. The number of aliphatic hydroxyl groups is 1. The molecule has 3 heteroatoms. The van der Waals surface area contributed by atoms with Crippen LogP contribution in [0.5, 0.6) is 0 Å². The second-order valence-corrected chi connectivity index (χ2v) is 10.1. The van der Waals surface area contributed by atoms with E-state index in [1.54, 1.807) is 5.57 Å². The van der Waals surface area contributed by atoms with Gasteiger partial charge >= 0.3 is 0 Å². The van der Waals surface area contributed by atoms with Crippen molar-refractivity contribution in [2.45, 2.75) is 97.6 Å². The summed E-state index contributed by atoms with van der Waals surface area (Å²) in [5.41, 5.74) is 1.74. The fraction of sp³-hybridized carbons (Fsp3) is 0.909. The molecule has 1 heterocycles. The lowest BCUT2D eigenvalue weighted by Crippen LogP contribution is -2.62. The van der Waals surface area contributed by atoms with E-state index in [2.05, 4.69) is 40.7 Å². The monoisotopic (exact) mass is 348 g/mol. The third kappa shape index (κ3) is 2.21. The van der Waals surface area contributed by atoms with Crippen molar-refractivity contribution >= 4 is 0 Å². The van der Waals surface area contributed by atoms with Gasteiger partial charge in [-0.2, -0.15) is 0 Å². The highest BCUT2D eigenvalue weighted by molar-refractivity contribution is 5.32. The summed E-state index contributed by atoms with van der Waals surface area (Å²) in [5, 5.41) is 10.3. The first kappa shape index (κ1) is 18.0. The van der Waals surface area contributed by atoms with Crippen LogP contribution in [0.15, 0.2) is 11.6 Å². The van der Waals surface area contributed by atoms with Crippen LogP contribution >= 0.6 is 0 Å². The van der Waals surface area contributed by atoms with Crippen LogP contribution in [0.1, 0.15) is 79.6 Å². The number of aliphatic hydroxyl groups excluding tert-OH is 1. The summed E-state index contributed by atoms with van der Waals surface area (Å²) in [6.07, 6.45) is 10.7. The van der Waals surface area contributed by atoms with Crippen molar-refractivity contribution in [1.82, 2.24) is 0 Å². The smallest absolute Gasteiger partial charge is 0.174 e. The molecule has 4 aliphatic rings. The summed E-state index contributed by atoms with van der Waals surface area (Å²) >= 11 is 0. The zero-order chi connectivity index (χ0) is 18.1. The van der Waals surface area contributed by atoms with Crippen molar-refractivity contribution in [2.24, 2.45) is 22.2 Å². The van der Waals surface area contributed by atoms with E-state index >= 15 is 0 Å². The average molecular weight is 349 g/mol. The quantitative estimate of drug-likeness (QED) is 0.690. The van der Waals surface area contributed by atoms with Gasteiger partial charge in [0.15, 0.2) is 5.79 Å². The molecule has 3 aliphatic carbocycles. The lowest BCUT2D eigenvalue weighted by atomic mass is 9.43. The lowest BCUT2D eigenvalue weighted by Gasteiger charge is -2.64. The summed E-state index contributed by atoms with van der Waals surface area (Å²) < 4.78 is 13.0. The van der Waals surface area contributed by atoms with Crippen molar-refractivity contribution in [1.29, 1.82) is 0 Å². The molecule has 0 aromatic rings. The Labute approximate surface area is 153 Å². The molecule has 3 nitrogen and oxygen atoms in total. The maximum atomic E-state index is 10.3. The van der Waals surface area contributed by atoms with Crippen LogP contribution in [0.4, 0.5) is 0 Å². The van der Waals surface area contributed by atoms with Gasteiger partial charge in [0.05, 0.1) is 18.8 Å². The first-order valence-corrected chi connectivity index (χ1v) is 10.4. The third-order valence-electron chi connectivity index (χ3n) is 8.62. The molecule has 1 aliphatic heterocycles. The molecule has 0 unspecified atom stereocenters. The molecule has 4 rings (SSSR count). The number of ether oxygens (including phenoxy) is 2. The molecule has 0 bridgehead atoms.